The van der Waals surface area contributed by atoms with Gasteiger partial charge >= 0.3 is 0 Å². The van der Waals surface area contributed by atoms with Gasteiger partial charge in [-0.25, -0.2) is 14.6 Å². The van der Waals surface area contributed by atoms with Crippen LogP contribution in [0.4, 0.5) is 5.82 Å². The summed E-state index contributed by atoms with van der Waals surface area (Å²) in [5.74, 6) is 0.312. The number of aryl methyl sites for hydroxylation is 3. The van der Waals surface area contributed by atoms with Gasteiger partial charge in [0, 0.05) is 19.2 Å². The highest BCUT2D eigenvalue weighted by Crippen LogP contribution is 2.14. The van der Waals surface area contributed by atoms with Crippen molar-refractivity contribution in [2.24, 2.45) is 0 Å². The minimum Gasteiger partial charge on any atom is -0.310 e. The molecule has 146 valence electrons. The van der Waals surface area contributed by atoms with Crippen LogP contribution in [0, 0.1) is 13.8 Å². The van der Waals surface area contributed by atoms with Crippen LogP contribution in [0.1, 0.15) is 17.5 Å². The Labute approximate surface area is 166 Å². The Hall–Kier alpha value is -3.81. The third-order valence-electron chi connectivity index (χ3n) is 4.68. The van der Waals surface area contributed by atoms with Crippen LogP contribution in [0.15, 0.2) is 59.9 Å². The van der Waals surface area contributed by atoms with Gasteiger partial charge in [0.2, 0.25) is 5.91 Å². The number of benzene rings is 1. The number of pyridine rings is 1. The maximum Gasteiger partial charge on any atom is 0.264 e. The van der Waals surface area contributed by atoms with Gasteiger partial charge in [0.15, 0.2) is 5.65 Å². The smallest absolute Gasteiger partial charge is 0.264 e. The van der Waals surface area contributed by atoms with Crippen LogP contribution in [-0.2, 0) is 11.3 Å². The molecule has 0 aliphatic heterocycles. The van der Waals surface area contributed by atoms with E-state index in [1.54, 1.807) is 10.9 Å². The Morgan fingerprint density at radius 1 is 1.10 bits per heavy atom. The molecule has 0 unspecified atom stereocenters. The van der Waals surface area contributed by atoms with Gasteiger partial charge in [0.05, 0.1) is 18.2 Å². The predicted molar refractivity (Wildman–Crippen MR) is 110 cm³/mol. The first-order valence-corrected chi connectivity index (χ1v) is 9.24. The van der Waals surface area contributed by atoms with E-state index in [0.29, 0.717) is 16.9 Å². The summed E-state index contributed by atoms with van der Waals surface area (Å²) in [6.07, 6.45) is 4.72. The fourth-order valence-electron chi connectivity index (χ4n) is 3.02. The number of carbonyl (C=O) groups excluding carboxylic acids is 1. The molecular formula is C21H20N6O2. The van der Waals surface area contributed by atoms with Crippen LogP contribution in [0.2, 0.25) is 0 Å². The number of aromatic nitrogens is 5. The number of nitrogens with one attached hydrogen (secondary N) is 1. The van der Waals surface area contributed by atoms with Gasteiger partial charge in [0.1, 0.15) is 11.2 Å². The van der Waals surface area contributed by atoms with E-state index < -0.39 is 0 Å². The molecule has 0 atom stereocenters. The lowest BCUT2D eigenvalue weighted by atomic mass is 10.2. The fourth-order valence-corrected chi connectivity index (χ4v) is 3.02. The van der Waals surface area contributed by atoms with Crippen LogP contribution in [0.5, 0.6) is 0 Å². The monoisotopic (exact) mass is 388 g/mol. The summed E-state index contributed by atoms with van der Waals surface area (Å²) in [7, 11) is 0. The summed E-state index contributed by atoms with van der Waals surface area (Å²) in [6, 6.07) is 11.5. The number of anilines is 1. The molecule has 0 aliphatic carbocycles. The standard InChI is InChI=1S/C21H20N6O2/c1-14-5-7-16(8-6-14)27-20-17(12-24-27)21(29)26(13-23-20)11-9-18(28)25-19-15(2)4-3-10-22-19/h3-8,10,12-13H,9,11H2,1-2H3,(H,22,25,28). The molecule has 8 nitrogen and oxygen atoms in total. The van der Waals surface area contributed by atoms with E-state index in [2.05, 4.69) is 20.4 Å². The molecule has 8 heteroatoms. The second-order valence-corrected chi connectivity index (χ2v) is 6.84. The highest BCUT2D eigenvalue weighted by atomic mass is 16.2. The zero-order valence-electron chi connectivity index (χ0n) is 16.2. The van der Waals surface area contributed by atoms with Gasteiger partial charge in [-0.2, -0.15) is 5.10 Å². The van der Waals surface area contributed by atoms with Crippen molar-refractivity contribution >= 4 is 22.8 Å². The molecule has 0 aliphatic rings. The lowest BCUT2D eigenvalue weighted by Gasteiger charge is -2.08. The second kappa shape index (κ2) is 7.67. The molecule has 1 aromatic carbocycles. The quantitative estimate of drug-likeness (QED) is 0.567. The third kappa shape index (κ3) is 3.77. The molecule has 4 rings (SSSR count). The first-order chi connectivity index (χ1) is 14.0. The molecule has 1 amide bonds. The molecule has 29 heavy (non-hydrogen) atoms. The Balaban J connectivity index is 1.52. The lowest BCUT2D eigenvalue weighted by molar-refractivity contribution is -0.116. The van der Waals surface area contributed by atoms with Crippen LogP contribution in [-0.4, -0.2) is 30.2 Å². The van der Waals surface area contributed by atoms with Gasteiger partial charge in [-0.1, -0.05) is 23.8 Å². The predicted octanol–water partition coefficient (Wildman–Crippen LogP) is 2.62. The summed E-state index contributed by atoms with van der Waals surface area (Å²) >= 11 is 0. The van der Waals surface area contributed by atoms with Gasteiger partial charge in [0.25, 0.3) is 5.56 Å². The number of carbonyl (C=O) groups is 1. The lowest BCUT2D eigenvalue weighted by Crippen LogP contribution is -2.24. The van der Waals surface area contributed by atoms with Crippen LogP contribution in [0.3, 0.4) is 0 Å². The number of hydrogen-bond acceptors (Lipinski definition) is 5. The molecule has 0 spiro atoms. The van der Waals surface area contributed by atoms with Gasteiger partial charge in [-0.15, -0.1) is 0 Å². The Bertz CT molecular complexity index is 1240. The van der Waals surface area contributed by atoms with E-state index in [1.807, 2.05) is 50.2 Å². The summed E-state index contributed by atoms with van der Waals surface area (Å²) in [5, 5.41) is 7.49. The maximum atomic E-state index is 12.8. The normalized spacial score (nSPS) is 11.0. The fraction of sp³-hybridized carbons (Fsp3) is 0.190. The largest absolute Gasteiger partial charge is 0.310 e. The van der Waals surface area contributed by atoms with Gasteiger partial charge in [-0.05, 0) is 37.6 Å². The number of hydrogen-bond donors (Lipinski definition) is 1. The Morgan fingerprint density at radius 2 is 1.90 bits per heavy atom. The minimum atomic E-state index is -0.227. The maximum absolute atomic E-state index is 12.8. The average molecular weight is 388 g/mol. The third-order valence-corrected chi connectivity index (χ3v) is 4.68. The molecule has 0 bridgehead atoms. The molecule has 0 radical (unpaired) electrons. The average Bonchev–Trinajstić information content (AvgIpc) is 3.15. The number of amides is 1. The first-order valence-electron chi connectivity index (χ1n) is 9.24. The zero-order valence-corrected chi connectivity index (χ0v) is 16.2. The molecule has 4 aromatic rings. The van der Waals surface area contributed by atoms with E-state index in [1.165, 1.54) is 17.1 Å². The first kappa shape index (κ1) is 18.5. The minimum absolute atomic E-state index is 0.134. The summed E-state index contributed by atoms with van der Waals surface area (Å²) in [6.45, 7) is 4.10. The van der Waals surface area contributed by atoms with E-state index in [9.17, 15) is 9.59 Å². The summed E-state index contributed by atoms with van der Waals surface area (Å²) in [5.41, 5.74) is 3.11. The van der Waals surface area contributed by atoms with Crippen molar-refractivity contribution in [3.8, 4) is 5.69 Å². The Kier molecular flexibility index (Phi) is 4.90. The van der Waals surface area contributed by atoms with E-state index in [4.69, 9.17) is 0 Å². The highest BCUT2D eigenvalue weighted by Gasteiger charge is 2.13. The second-order valence-electron chi connectivity index (χ2n) is 6.84. The summed E-state index contributed by atoms with van der Waals surface area (Å²) in [4.78, 5) is 33.5. The number of fused-ring (bicyclic) bond motifs is 1. The van der Waals surface area contributed by atoms with Crippen LogP contribution < -0.4 is 10.9 Å². The van der Waals surface area contributed by atoms with Crippen molar-refractivity contribution in [3.63, 3.8) is 0 Å². The van der Waals surface area contributed by atoms with Crippen molar-refractivity contribution in [2.45, 2.75) is 26.8 Å². The van der Waals surface area contributed by atoms with Gasteiger partial charge in [-0.3, -0.25) is 14.2 Å². The zero-order chi connectivity index (χ0) is 20.4. The topological polar surface area (TPSA) is 94.7 Å². The molecular weight excluding hydrogens is 368 g/mol. The van der Waals surface area contributed by atoms with Crippen molar-refractivity contribution in [3.05, 3.63) is 76.6 Å². The Morgan fingerprint density at radius 3 is 2.66 bits per heavy atom. The van der Waals surface area contributed by atoms with Gasteiger partial charge < -0.3 is 5.32 Å². The van der Waals surface area contributed by atoms with E-state index in [-0.39, 0.29) is 24.4 Å². The SMILES string of the molecule is Cc1ccc(-n2ncc3c(=O)n(CCC(=O)Nc4ncccc4C)cnc32)cc1. The molecule has 0 saturated heterocycles. The summed E-state index contributed by atoms with van der Waals surface area (Å²) < 4.78 is 3.06. The molecule has 3 aromatic heterocycles. The van der Waals surface area contributed by atoms with E-state index in [0.717, 1.165) is 16.8 Å². The molecule has 0 fully saturated rings. The van der Waals surface area contributed by atoms with Crippen molar-refractivity contribution < 1.29 is 4.79 Å². The van der Waals surface area contributed by atoms with E-state index >= 15 is 0 Å². The van der Waals surface area contributed by atoms with Crippen LogP contribution in [0.25, 0.3) is 16.7 Å². The van der Waals surface area contributed by atoms with Crippen LogP contribution >= 0.6 is 0 Å². The number of nitrogens with zero attached hydrogens (tertiary/aromatic N) is 5. The highest BCUT2D eigenvalue weighted by molar-refractivity contribution is 5.90. The molecule has 3 heterocycles. The number of rotatable bonds is 5. The van der Waals surface area contributed by atoms with Crippen molar-refractivity contribution in [1.29, 1.82) is 0 Å². The van der Waals surface area contributed by atoms with Crippen molar-refractivity contribution in [2.75, 3.05) is 5.32 Å². The molecule has 1 N–H and O–H groups in total. The molecule has 0 saturated carbocycles. The van der Waals surface area contributed by atoms with Crippen molar-refractivity contribution in [1.82, 2.24) is 24.3 Å².